The van der Waals surface area contributed by atoms with Gasteiger partial charge in [-0.1, -0.05) is 31.2 Å². The van der Waals surface area contributed by atoms with Crippen LogP contribution in [0.2, 0.25) is 0 Å². The Hall–Kier alpha value is -2.49. The maximum atomic E-state index is 11.2. The van der Waals surface area contributed by atoms with Crippen molar-refractivity contribution in [2.75, 3.05) is 0 Å². The van der Waals surface area contributed by atoms with E-state index in [2.05, 4.69) is 0 Å². The van der Waals surface area contributed by atoms with E-state index in [4.69, 9.17) is 5.73 Å². The van der Waals surface area contributed by atoms with Crippen molar-refractivity contribution in [3.8, 4) is 11.5 Å². The summed E-state index contributed by atoms with van der Waals surface area (Å²) in [7, 11) is 0. The highest BCUT2D eigenvalue weighted by atomic mass is 16.3. The predicted octanol–water partition coefficient (Wildman–Crippen LogP) is 2.67. The molecule has 21 heavy (non-hydrogen) atoms. The van der Waals surface area contributed by atoms with Crippen molar-refractivity contribution in [2.24, 2.45) is 5.73 Å². The van der Waals surface area contributed by atoms with Crippen molar-refractivity contribution in [2.45, 2.75) is 25.2 Å². The van der Waals surface area contributed by atoms with Gasteiger partial charge in [-0.15, -0.1) is 0 Å². The number of hydrogen-bond acceptors (Lipinski definition) is 3. The number of phenolic OH excluding ortho intramolecular Hbond substituents is 2. The summed E-state index contributed by atoms with van der Waals surface area (Å²) in [5, 5.41) is 18.9. The average Bonchev–Trinajstić information content (AvgIpc) is 2.46. The molecule has 0 aromatic heterocycles. The molecule has 2 aromatic carbocycles. The van der Waals surface area contributed by atoms with E-state index in [1.807, 2.05) is 31.2 Å². The van der Waals surface area contributed by atoms with Crippen LogP contribution in [0, 0.1) is 0 Å². The van der Waals surface area contributed by atoms with Gasteiger partial charge < -0.3 is 15.9 Å². The van der Waals surface area contributed by atoms with Gasteiger partial charge in [0.05, 0.1) is 0 Å². The Labute approximate surface area is 123 Å². The molecule has 4 N–H and O–H groups in total. The van der Waals surface area contributed by atoms with Gasteiger partial charge in [-0.25, -0.2) is 0 Å². The van der Waals surface area contributed by atoms with E-state index in [0.29, 0.717) is 6.42 Å². The first-order chi connectivity index (χ1) is 9.91. The topological polar surface area (TPSA) is 83.6 Å². The van der Waals surface area contributed by atoms with Gasteiger partial charge in [-0.05, 0) is 41.8 Å². The zero-order valence-corrected chi connectivity index (χ0v) is 11.9. The number of carbonyl (C=O) groups is 1. The maximum absolute atomic E-state index is 11.2. The lowest BCUT2D eigenvalue weighted by molar-refractivity contribution is -0.118. The van der Waals surface area contributed by atoms with Gasteiger partial charge in [0.1, 0.15) is 11.5 Å². The molecular formula is C17H19NO3. The molecule has 0 fully saturated rings. The van der Waals surface area contributed by atoms with E-state index >= 15 is 0 Å². The molecule has 0 saturated heterocycles. The van der Waals surface area contributed by atoms with Gasteiger partial charge in [0, 0.05) is 11.8 Å². The maximum Gasteiger partial charge on any atom is 0.217 e. The first kappa shape index (κ1) is 14.9. The molecule has 4 heteroatoms. The Morgan fingerprint density at radius 2 is 1.33 bits per heavy atom. The summed E-state index contributed by atoms with van der Waals surface area (Å²) in [5.74, 6) is 0.0437. The monoisotopic (exact) mass is 285 g/mol. The third-order valence-electron chi connectivity index (χ3n) is 3.88. The second-order valence-electron chi connectivity index (χ2n) is 5.39. The van der Waals surface area contributed by atoms with Crippen LogP contribution < -0.4 is 5.73 Å². The largest absolute Gasteiger partial charge is 0.508 e. The third kappa shape index (κ3) is 3.34. The lowest BCUT2D eigenvalue weighted by Gasteiger charge is -2.31. The van der Waals surface area contributed by atoms with Crippen LogP contribution in [-0.4, -0.2) is 16.1 Å². The molecule has 0 aliphatic heterocycles. The van der Waals surface area contributed by atoms with E-state index in [1.54, 1.807) is 24.3 Å². The van der Waals surface area contributed by atoms with E-state index in [-0.39, 0.29) is 23.8 Å². The zero-order valence-electron chi connectivity index (χ0n) is 11.9. The van der Waals surface area contributed by atoms with Gasteiger partial charge in [-0.2, -0.15) is 0 Å². The molecule has 2 aromatic rings. The molecule has 1 amide bonds. The Morgan fingerprint density at radius 1 is 0.952 bits per heavy atom. The summed E-state index contributed by atoms with van der Waals surface area (Å²) in [4.78, 5) is 11.2. The van der Waals surface area contributed by atoms with Gasteiger partial charge >= 0.3 is 0 Å². The SMILES string of the molecule is CC(CCC(N)=O)(c1ccc(O)cc1)c1ccc(O)cc1. The van der Waals surface area contributed by atoms with E-state index < -0.39 is 5.41 Å². The number of phenols is 2. The standard InChI is InChI=1S/C17H19NO3/c1-17(11-10-16(18)21,12-2-6-14(19)7-3-12)13-4-8-15(20)9-5-13/h2-9,19-20H,10-11H2,1H3,(H2,18,21). The van der Waals surface area contributed by atoms with Crippen molar-refractivity contribution in [1.29, 1.82) is 0 Å². The Balaban J connectivity index is 2.44. The van der Waals surface area contributed by atoms with Crippen LogP contribution >= 0.6 is 0 Å². The summed E-state index contributed by atoms with van der Waals surface area (Å²) < 4.78 is 0. The zero-order chi connectivity index (χ0) is 15.5. The molecular weight excluding hydrogens is 266 g/mol. The minimum atomic E-state index is -0.420. The summed E-state index contributed by atoms with van der Waals surface area (Å²) in [5.41, 5.74) is 6.82. The lowest BCUT2D eigenvalue weighted by atomic mass is 9.73. The van der Waals surface area contributed by atoms with Gasteiger partial charge in [-0.3, -0.25) is 4.79 Å². The van der Waals surface area contributed by atoms with E-state index in [0.717, 1.165) is 11.1 Å². The van der Waals surface area contributed by atoms with Crippen LogP contribution in [0.4, 0.5) is 0 Å². The highest BCUT2D eigenvalue weighted by Gasteiger charge is 2.29. The highest BCUT2D eigenvalue weighted by molar-refractivity contribution is 5.74. The summed E-state index contributed by atoms with van der Waals surface area (Å²) in [6.07, 6.45) is 0.816. The number of rotatable bonds is 5. The molecule has 0 unspecified atom stereocenters. The molecule has 0 bridgehead atoms. The smallest absolute Gasteiger partial charge is 0.217 e. The van der Waals surface area contributed by atoms with Gasteiger partial charge in [0.25, 0.3) is 0 Å². The van der Waals surface area contributed by atoms with Gasteiger partial charge in [0.2, 0.25) is 5.91 Å². The molecule has 2 rings (SSSR count). The summed E-state index contributed by atoms with van der Waals surface area (Å²) in [6, 6.07) is 13.8. The highest BCUT2D eigenvalue weighted by Crippen LogP contribution is 2.37. The Kier molecular flexibility index (Phi) is 4.17. The number of hydrogen-bond donors (Lipinski definition) is 3. The van der Waals surface area contributed by atoms with Crippen molar-refractivity contribution < 1.29 is 15.0 Å². The van der Waals surface area contributed by atoms with Crippen molar-refractivity contribution >= 4 is 5.91 Å². The van der Waals surface area contributed by atoms with Crippen molar-refractivity contribution in [3.05, 3.63) is 59.7 Å². The number of amides is 1. The number of nitrogens with two attached hydrogens (primary N) is 1. The fourth-order valence-electron chi connectivity index (χ4n) is 2.49. The van der Waals surface area contributed by atoms with Gasteiger partial charge in [0.15, 0.2) is 0 Å². The van der Waals surface area contributed by atoms with E-state index in [9.17, 15) is 15.0 Å². The van der Waals surface area contributed by atoms with Crippen LogP contribution in [-0.2, 0) is 10.2 Å². The molecule has 0 radical (unpaired) electrons. The molecule has 110 valence electrons. The molecule has 0 spiro atoms. The van der Waals surface area contributed by atoms with Crippen molar-refractivity contribution in [3.63, 3.8) is 0 Å². The van der Waals surface area contributed by atoms with Crippen LogP contribution in [0.5, 0.6) is 11.5 Å². The summed E-state index contributed by atoms with van der Waals surface area (Å²) >= 11 is 0. The second-order valence-corrected chi connectivity index (χ2v) is 5.39. The summed E-state index contributed by atoms with van der Waals surface area (Å²) in [6.45, 7) is 2.02. The number of carbonyl (C=O) groups excluding carboxylic acids is 1. The number of primary amides is 1. The normalized spacial score (nSPS) is 11.3. The first-order valence-corrected chi connectivity index (χ1v) is 6.79. The van der Waals surface area contributed by atoms with Crippen LogP contribution in [0.3, 0.4) is 0 Å². The fraction of sp³-hybridized carbons (Fsp3) is 0.235. The van der Waals surface area contributed by atoms with Crippen LogP contribution in [0.1, 0.15) is 30.9 Å². The molecule has 0 aliphatic rings. The minimum Gasteiger partial charge on any atom is -0.508 e. The van der Waals surface area contributed by atoms with E-state index in [1.165, 1.54) is 0 Å². The number of benzene rings is 2. The lowest BCUT2D eigenvalue weighted by Crippen LogP contribution is -2.26. The Bertz CT molecular complexity index is 572. The predicted molar refractivity (Wildman–Crippen MR) is 81.1 cm³/mol. The van der Waals surface area contributed by atoms with Crippen molar-refractivity contribution in [1.82, 2.24) is 0 Å². The second kappa shape index (κ2) is 5.87. The minimum absolute atomic E-state index is 0.196. The quantitative estimate of drug-likeness (QED) is 0.789. The molecule has 0 saturated carbocycles. The molecule has 0 heterocycles. The average molecular weight is 285 g/mol. The van der Waals surface area contributed by atoms with Crippen LogP contribution in [0.25, 0.3) is 0 Å². The van der Waals surface area contributed by atoms with Crippen LogP contribution in [0.15, 0.2) is 48.5 Å². The fourth-order valence-corrected chi connectivity index (χ4v) is 2.49. The Morgan fingerprint density at radius 3 is 1.67 bits per heavy atom. The first-order valence-electron chi connectivity index (χ1n) is 6.79. The molecule has 0 atom stereocenters. The number of aromatic hydroxyl groups is 2. The molecule has 4 nitrogen and oxygen atoms in total. The molecule has 0 aliphatic carbocycles. The third-order valence-corrected chi connectivity index (χ3v) is 3.88.